The van der Waals surface area contributed by atoms with Crippen molar-refractivity contribution < 1.29 is 27.4 Å². The highest BCUT2D eigenvalue weighted by Crippen LogP contribution is 2.15. The second-order valence-electron chi connectivity index (χ2n) is 5.83. The van der Waals surface area contributed by atoms with Crippen molar-refractivity contribution >= 4 is 11.7 Å². The van der Waals surface area contributed by atoms with Crippen molar-refractivity contribution in [2.24, 2.45) is 0 Å². The van der Waals surface area contributed by atoms with Gasteiger partial charge in [-0.25, -0.2) is 4.79 Å². The number of anilines is 1. The lowest BCUT2D eigenvalue weighted by Crippen LogP contribution is -2.34. The van der Waals surface area contributed by atoms with Gasteiger partial charge in [-0.2, -0.15) is 13.2 Å². The van der Waals surface area contributed by atoms with E-state index in [1.54, 1.807) is 25.3 Å². The maximum Gasteiger partial charge on any atom is 0.401 e. The van der Waals surface area contributed by atoms with Crippen molar-refractivity contribution in [3.05, 3.63) is 29.8 Å². The minimum Gasteiger partial charge on any atom is -0.382 e. The smallest absolute Gasteiger partial charge is 0.382 e. The van der Waals surface area contributed by atoms with E-state index in [0.717, 1.165) is 5.56 Å². The Kier molecular flexibility index (Phi) is 10.0. The van der Waals surface area contributed by atoms with Gasteiger partial charge in [0.2, 0.25) is 0 Å². The van der Waals surface area contributed by atoms with Crippen LogP contribution in [0.2, 0.25) is 0 Å². The van der Waals surface area contributed by atoms with Crippen LogP contribution in [0.1, 0.15) is 12.0 Å². The fraction of sp³-hybridized carbons (Fsp3) is 0.588. The maximum atomic E-state index is 12.2. The maximum absolute atomic E-state index is 12.2. The van der Waals surface area contributed by atoms with Gasteiger partial charge in [-0.3, -0.25) is 4.90 Å². The molecule has 1 aromatic carbocycles. The van der Waals surface area contributed by atoms with Crippen LogP contribution < -0.4 is 10.6 Å². The molecule has 0 saturated heterocycles. The van der Waals surface area contributed by atoms with Crippen molar-refractivity contribution in [1.29, 1.82) is 0 Å². The first-order valence-corrected chi connectivity index (χ1v) is 8.26. The molecule has 26 heavy (non-hydrogen) atoms. The van der Waals surface area contributed by atoms with Crippen molar-refractivity contribution in [1.82, 2.24) is 10.2 Å². The summed E-state index contributed by atoms with van der Waals surface area (Å²) in [5.74, 6) is 0. The summed E-state index contributed by atoms with van der Waals surface area (Å²) in [6.45, 7) is 0.975. The van der Waals surface area contributed by atoms with Gasteiger partial charge in [0, 0.05) is 19.3 Å². The number of halogens is 3. The van der Waals surface area contributed by atoms with E-state index in [2.05, 4.69) is 10.6 Å². The quantitative estimate of drug-likeness (QED) is 0.582. The average Bonchev–Trinajstić information content (AvgIpc) is 2.54. The lowest BCUT2D eigenvalue weighted by atomic mass is 10.2. The molecule has 0 fully saturated rings. The van der Waals surface area contributed by atoms with Crippen LogP contribution in [0.3, 0.4) is 0 Å². The van der Waals surface area contributed by atoms with E-state index in [1.165, 1.54) is 11.9 Å². The SMILES string of the molecule is COCCOCc1cccc(NC(=O)NCCCN(C)CC(F)(F)F)c1. The highest BCUT2D eigenvalue weighted by atomic mass is 19.4. The number of rotatable bonds is 11. The predicted molar refractivity (Wildman–Crippen MR) is 93.2 cm³/mol. The zero-order valence-corrected chi connectivity index (χ0v) is 15.1. The fourth-order valence-corrected chi connectivity index (χ4v) is 2.18. The molecule has 148 valence electrons. The number of nitrogens with one attached hydrogen (secondary N) is 2. The molecule has 0 spiro atoms. The third-order valence-electron chi connectivity index (χ3n) is 3.34. The number of methoxy groups -OCH3 is 1. The van der Waals surface area contributed by atoms with Gasteiger partial charge in [0.1, 0.15) is 0 Å². The Balaban J connectivity index is 2.26. The van der Waals surface area contributed by atoms with E-state index < -0.39 is 18.8 Å². The molecule has 9 heteroatoms. The van der Waals surface area contributed by atoms with Gasteiger partial charge in [-0.05, 0) is 37.7 Å². The first-order valence-electron chi connectivity index (χ1n) is 8.26. The van der Waals surface area contributed by atoms with Crippen LogP contribution in [0.15, 0.2) is 24.3 Å². The van der Waals surface area contributed by atoms with Crippen LogP contribution in [0.4, 0.5) is 23.7 Å². The number of hydrogen-bond donors (Lipinski definition) is 2. The van der Waals surface area contributed by atoms with Gasteiger partial charge >= 0.3 is 12.2 Å². The second kappa shape index (κ2) is 11.7. The molecule has 6 nitrogen and oxygen atoms in total. The molecule has 0 atom stereocenters. The molecule has 0 unspecified atom stereocenters. The van der Waals surface area contributed by atoms with Crippen LogP contribution in [-0.4, -0.2) is 64.1 Å². The number of carbonyl (C=O) groups excluding carboxylic acids is 1. The Bertz CT molecular complexity index is 541. The Morgan fingerprint density at radius 3 is 2.73 bits per heavy atom. The molecule has 0 bridgehead atoms. The molecule has 1 rings (SSSR count). The summed E-state index contributed by atoms with van der Waals surface area (Å²) in [5, 5.41) is 5.31. The lowest BCUT2D eigenvalue weighted by molar-refractivity contribution is -0.143. The summed E-state index contributed by atoms with van der Waals surface area (Å²) in [5.41, 5.74) is 1.53. The van der Waals surface area contributed by atoms with Gasteiger partial charge in [-0.15, -0.1) is 0 Å². The molecular weight excluding hydrogens is 351 g/mol. The molecule has 2 N–H and O–H groups in total. The Labute approximate surface area is 151 Å². The first kappa shape index (κ1) is 22.2. The minimum atomic E-state index is -4.21. The zero-order valence-electron chi connectivity index (χ0n) is 15.1. The van der Waals surface area contributed by atoms with Gasteiger partial charge in [0.05, 0.1) is 26.4 Å². The largest absolute Gasteiger partial charge is 0.401 e. The third kappa shape index (κ3) is 10.9. The van der Waals surface area contributed by atoms with E-state index in [0.29, 0.717) is 31.9 Å². The summed E-state index contributed by atoms with van der Waals surface area (Å²) in [6, 6.07) is 6.82. The topological polar surface area (TPSA) is 62.8 Å². The number of benzene rings is 1. The number of urea groups is 1. The Morgan fingerprint density at radius 1 is 1.27 bits per heavy atom. The van der Waals surface area contributed by atoms with Crippen molar-refractivity contribution in [3.8, 4) is 0 Å². The Hall–Kier alpha value is -1.84. The molecule has 1 aromatic rings. The molecule has 0 aromatic heterocycles. The average molecular weight is 377 g/mol. The van der Waals surface area contributed by atoms with E-state index in [1.807, 2.05) is 6.07 Å². The molecule has 2 amide bonds. The summed E-state index contributed by atoms with van der Waals surface area (Å²) >= 11 is 0. The molecule has 0 heterocycles. The number of carbonyl (C=O) groups is 1. The summed E-state index contributed by atoms with van der Waals surface area (Å²) in [7, 11) is 2.99. The predicted octanol–water partition coefficient (Wildman–Crippen LogP) is 2.86. The van der Waals surface area contributed by atoms with Crippen LogP contribution in [-0.2, 0) is 16.1 Å². The van der Waals surface area contributed by atoms with Gasteiger partial charge < -0.3 is 20.1 Å². The fourth-order valence-electron chi connectivity index (χ4n) is 2.18. The van der Waals surface area contributed by atoms with E-state index in [-0.39, 0.29) is 13.1 Å². The zero-order chi connectivity index (χ0) is 19.4. The third-order valence-corrected chi connectivity index (χ3v) is 3.34. The molecule has 0 aliphatic rings. The van der Waals surface area contributed by atoms with Crippen LogP contribution in [0, 0.1) is 0 Å². The molecular formula is C17H26F3N3O3. The first-order chi connectivity index (χ1) is 12.3. The highest BCUT2D eigenvalue weighted by molar-refractivity contribution is 5.89. The standard InChI is InChI=1S/C17H26F3N3O3/c1-23(13-17(18,19)20)8-4-7-21-16(24)22-15-6-3-5-14(11-15)12-26-10-9-25-2/h3,5-6,11H,4,7-10,12-13H2,1-2H3,(H2,21,22,24). The van der Waals surface area contributed by atoms with E-state index in [4.69, 9.17) is 9.47 Å². The number of alkyl halides is 3. The summed E-state index contributed by atoms with van der Waals surface area (Å²) in [4.78, 5) is 13.0. The Morgan fingerprint density at radius 2 is 2.04 bits per heavy atom. The number of hydrogen-bond acceptors (Lipinski definition) is 4. The monoisotopic (exact) mass is 377 g/mol. The van der Waals surface area contributed by atoms with Crippen molar-refractivity contribution in [2.75, 3.05) is 52.3 Å². The number of ether oxygens (including phenoxy) is 2. The summed E-state index contributed by atoms with van der Waals surface area (Å²) in [6.07, 6.45) is -3.79. The second-order valence-corrected chi connectivity index (χ2v) is 5.83. The lowest BCUT2D eigenvalue weighted by Gasteiger charge is -2.18. The van der Waals surface area contributed by atoms with Crippen molar-refractivity contribution in [3.63, 3.8) is 0 Å². The van der Waals surface area contributed by atoms with Crippen LogP contribution in [0.5, 0.6) is 0 Å². The highest BCUT2D eigenvalue weighted by Gasteiger charge is 2.28. The minimum absolute atomic E-state index is 0.244. The summed E-state index contributed by atoms with van der Waals surface area (Å²) < 4.78 is 46.9. The molecule has 0 saturated carbocycles. The molecule has 0 radical (unpaired) electrons. The normalized spacial score (nSPS) is 11.6. The number of nitrogens with zero attached hydrogens (tertiary/aromatic N) is 1. The van der Waals surface area contributed by atoms with E-state index >= 15 is 0 Å². The van der Waals surface area contributed by atoms with Gasteiger partial charge in [0.25, 0.3) is 0 Å². The number of amides is 2. The van der Waals surface area contributed by atoms with Crippen molar-refractivity contribution in [2.45, 2.75) is 19.2 Å². The van der Waals surface area contributed by atoms with Crippen LogP contribution >= 0.6 is 0 Å². The van der Waals surface area contributed by atoms with Gasteiger partial charge in [0.15, 0.2) is 0 Å². The molecule has 0 aliphatic carbocycles. The molecule has 0 aliphatic heterocycles. The van der Waals surface area contributed by atoms with E-state index in [9.17, 15) is 18.0 Å². The van der Waals surface area contributed by atoms with Gasteiger partial charge in [-0.1, -0.05) is 12.1 Å². The van der Waals surface area contributed by atoms with Crippen LogP contribution in [0.25, 0.3) is 0 Å².